The SMILES string of the molecule is CC(=O)Nc1c(C(=O)N(CCN(C)C)Cc2ccco2)oc2ccccc12. The number of furan rings is 2. The second kappa shape index (κ2) is 8.09. The molecule has 2 heterocycles. The molecular formula is C20H23N3O4. The lowest BCUT2D eigenvalue weighted by molar-refractivity contribution is -0.114. The van der Waals surface area contributed by atoms with Crippen LogP contribution in [0.4, 0.5) is 5.69 Å². The molecule has 0 aliphatic heterocycles. The van der Waals surface area contributed by atoms with E-state index in [1.807, 2.05) is 43.3 Å². The summed E-state index contributed by atoms with van der Waals surface area (Å²) in [5.74, 6) is 0.241. The third-order valence-electron chi connectivity index (χ3n) is 4.12. The number of carbonyl (C=O) groups excluding carboxylic acids is 2. The monoisotopic (exact) mass is 369 g/mol. The van der Waals surface area contributed by atoms with Crippen molar-refractivity contribution in [3.63, 3.8) is 0 Å². The zero-order valence-corrected chi connectivity index (χ0v) is 15.7. The first kappa shape index (κ1) is 18.7. The van der Waals surface area contributed by atoms with Crippen molar-refractivity contribution in [2.45, 2.75) is 13.5 Å². The molecule has 0 aliphatic carbocycles. The van der Waals surface area contributed by atoms with Gasteiger partial charge < -0.3 is 24.0 Å². The number of anilines is 1. The van der Waals surface area contributed by atoms with Gasteiger partial charge >= 0.3 is 0 Å². The molecule has 7 nitrogen and oxygen atoms in total. The Labute approximate surface area is 157 Å². The summed E-state index contributed by atoms with van der Waals surface area (Å²) in [6, 6.07) is 10.9. The number of nitrogens with one attached hydrogen (secondary N) is 1. The fourth-order valence-electron chi connectivity index (χ4n) is 2.80. The number of fused-ring (bicyclic) bond motifs is 1. The molecule has 2 amide bonds. The van der Waals surface area contributed by atoms with Crippen LogP contribution in [0.15, 0.2) is 51.5 Å². The first-order chi connectivity index (χ1) is 13.0. The summed E-state index contributed by atoms with van der Waals surface area (Å²) < 4.78 is 11.2. The van der Waals surface area contributed by atoms with E-state index in [0.29, 0.717) is 42.1 Å². The molecule has 3 aromatic rings. The van der Waals surface area contributed by atoms with Crippen LogP contribution in [0.2, 0.25) is 0 Å². The van der Waals surface area contributed by atoms with Crippen LogP contribution in [0.1, 0.15) is 23.2 Å². The Balaban J connectivity index is 1.97. The Morgan fingerprint density at radius 1 is 1.07 bits per heavy atom. The maximum Gasteiger partial charge on any atom is 0.292 e. The lowest BCUT2D eigenvalue weighted by Gasteiger charge is -2.23. The Morgan fingerprint density at radius 3 is 2.52 bits per heavy atom. The smallest absolute Gasteiger partial charge is 0.292 e. The van der Waals surface area contributed by atoms with Gasteiger partial charge in [-0.1, -0.05) is 12.1 Å². The third-order valence-corrected chi connectivity index (χ3v) is 4.12. The van der Waals surface area contributed by atoms with Gasteiger partial charge in [-0.3, -0.25) is 9.59 Å². The van der Waals surface area contributed by atoms with E-state index in [1.165, 1.54) is 6.92 Å². The van der Waals surface area contributed by atoms with Crippen LogP contribution in [-0.2, 0) is 11.3 Å². The maximum atomic E-state index is 13.3. The van der Waals surface area contributed by atoms with Gasteiger partial charge in [-0.05, 0) is 38.4 Å². The van der Waals surface area contributed by atoms with Crippen molar-refractivity contribution in [1.29, 1.82) is 0 Å². The molecule has 0 atom stereocenters. The first-order valence-corrected chi connectivity index (χ1v) is 8.71. The molecule has 7 heteroatoms. The molecular weight excluding hydrogens is 346 g/mol. The van der Waals surface area contributed by atoms with Crippen molar-refractivity contribution in [1.82, 2.24) is 9.80 Å². The molecule has 1 aromatic carbocycles. The van der Waals surface area contributed by atoms with Gasteiger partial charge in [-0.2, -0.15) is 0 Å². The zero-order chi connectivity index (χ0) is 19.4. The summed E-state index contributed by atoms with van der Waals surface area (Å²) in [4.78, 5) is 28.6. The van der Waals surface area contributed by atoms with Gasteiger partial charge in [0.1, 0.15) is 17.0 Å². The molecule has 0 unspecified atom stereocenters. The fourth-order valence-corrected chi connectivity index (χ4v) is 2.80. The topological polar surface area (TPSA) is 78.9 Å². The number of carbonyl (C=O) groups is 2. The molecule has 142 valence electrons. The van der Waals surface area contributed by atoms with Crippen LogP contribution in [-0.4, -0.2) is 48.8 Å². The maximum absolute atomic E-state index is 13.3. The number of para-hydroxylation sites is 1. The first-order valence-electron chi connectivity index (χ1n) is 8.71. The lowest BCUT2D eigenvalue weighted by Crippen LogP contribution is -2.36. The van der Waals surface area contributed by atoms with E-state index in [-0.39, 0.29) is 17.6 Å². The highest BCUT2D eigenvalue weighted by Gasteiger charge is 2.26. The standard InChI is InChI=1S/C20H23N3O4/c1-14(24)21-18-16-8-4-5-9-17(16)27-19(18)20(25)23(11-10-22(2)3)13-15-7-6-12-26-15/h4-9,12H,10-11,13H2,1-3H3,(H,21,24). The van der Waals surface area contributed by atoms with Crippen LogP contribution >= 0.6 is 0 Å². The Kier molecular flexibility index (Phi) is 5.61. The van der Waals surface area contributed by atoms with Crippen molar-refractivity contribution >= 4 is 28.5 Å². The summed E-state index contributed by atoms with van der Waals surface area (Å²) in [5.41, 5.74) is 0.951. The number of rotatable bonds is 7. The fraction of sp³-hybridized carbons (Fsp3) is 0.300. The quantitative estimate of drug-likeness (QED) is 0.692. The minimum absolute atomic E-state index is 0.122. The molecule has 0 radical (unpaired) electrons. The van der Waals surface area contributed by atoms with E-state index in [4.69, 9.17) is 8.83 Å². The number of likely N-dealkylation sites (N-methyl/N-ethyl adjacent to an activating group) is 1. The molecule has 0 bridgehead atoms. The van der Waals surface area contributed by atoms with E-state index in [2.05, 4.69) is 5.32 Å². The molecule has 0 spiro atoms. The van der Waals surface area contributed by atoms with Crippen LogP contribution in [0.25, 0.3) is 11.0 Å². The largest absolute Gasteiger partial charge is 0.467 e. The average Bonchev–Trinajstić information content (AvgIpc) is 3.26. The second-order valence-electron chi connectivity index (χ2n) is 6.59. The summed E-state index contributed by atoms with van der Waals surface area (Å²) >= 11 is 0. The molecule has 3 rings (SSSR count). The molecule has 0 aliphatic rings. The Morgan fingerprint density at radius 2 is 1.85 bits per heavy atom. The van der Waals surface area contributed by atoms with Crippen molar-refractivity contribution < 1.29 is 18.4 Å². The van der Waals surface area contributed by atoms with Crippen LogP contribution in [0, 0.1) is 0 Å². The molecule has 27 heavy (non-hydrogen) atoms. The van der Waals surface area contributed by atoms with E-state index in [0.717, 1.165) is 0 Å². The molecule has 0 saturated carbocycles. The van der Waals surface area contributed by atoms with E-state index >= 15 is 0 Å². The van der Waals surface area contributed by atoms with Crippen molar-refractivity contribution in [3.05, 3.63) is 54.2 Å². The highest BCUT2D eigenvalue weighted by atomic mass is 16.4. The van der Waals surface area contributed by atoms with Crippen LogP contribution in [0.3, 0.4) is 0 Å². The Bertz CT molecular complexity index is 928. The summed E-state index contributed by atoms with van der Waals surface area (Å²) in [7, 11) is 3.89. The minimum atomic E-state index is -0.298. The van der Waals surface area contributed by atoms with E-state index in [1.54, 1.807) is 23.3 Å². The van der Waals surface area contributed by atoms with Crippen LogP contribution < -0.4 is 5.32 Å². The highest BCUT2D eigenvalue weighted by molar-refractivity contribution is 6.10. The molecule has 2 aromatic heterocycles. The van der Waals surface area contributed by atoms with Crippen molar-refractivity contribution in [2.24, 2.45) is 0 Å². The minimum Gasteiger partial charge on any atom is -0.467 e. The summed E-state index contributed by atoms with van der Waals surface area (Å²) in [6.45, 7) is 2.89. The predicted octanol–water partition coefficient (Wildman–Crippen LogP) is 3.19. The van der Waals surface area contributed by atoms with E-state index in [9.17, 15) is 9.59 Å². The number of benzene rings is 1. The molecule has 0 saturated heterocycles. The van der Waals surface area contributed by atoms with Gasteiger partial charge in [0.05, 0.1) is 12.8 Å². The molecule has 0 fully saturated rings. The van der Waals surface area contributed by atoms with E-state index < -0.39 is 0 Å². The number of amides is 2. The van der Waals surface area contributed by atoms with Gasteiger partial charge in [-0.15, -0.1) is 0 Å². The highest BCUT2D eigenvalue weighted by Crippen LogP contribution is 2.32. The van der Waals surface area contributed by atoms with Gasteiger partial charge in [0.25, 0.3) is 5.91 Å². The van der Waals surface area contributed by atoms with Crippen LogP contribution in [0.5, 0.6) is 0 Å². The number of nitrogens with zero attached hydrogens (tertiary/aromatic N) is 2. The Hall–Kier alpha value is -3.06. The normalized spacial score (nSPS) is 11.1. The second-order valence-corrected chi connectivity index (χ2v) is 6.59. The predicted molar refractivity (Wildman–Crippen MR) is 103 cm³/mol. The number of hydrogen-bond donors (Lipinski definition) is 1. The van der Waals surface area contributed by atoms with Gasteiger partial charge in [-0.25, -0.2) is 0 Å². The van der Waals surface area contributed by atoms with Crippen molar-refractivity contribution in [2.75, 3.05) is 32.5 Å². The number of hydrogen-bond acceptors (Lipinski definition) is 5. The average molecular weight is 369 g/mol. The van der Waals surface area contributed by atoms with Gasteiger partial charge in [0, 0.05) is 25.4 Å². The summed E-state index contributed by atoms with van der Waals surface area (Å²) in [6.07, 6.45) is 1.58. The molecule has 1 N–H and O–H groups in total. The van der Waals surface area contributed by atoms with Gasteiger partial charge in [0.2, 0.25) is 11.7 Å². The summed E-state index contributed by atoms with van der Waals surface area (Å²) in [5, 5.41) is 3.44. The van der Waals surface area contributed by atoms with Gasteiger partial charge in [0.15, 0.2) is 0 Å². The van der Waals surface area contributed by atoms with Crippen molar-refractivity contribution in [3.8, 4) is 0 Å². The lowest BCUT2D eigenvalue weighted by atomic mass is 10.2. The zero-order valence-electron chi connectivity index (χ0n) is 15.7. The third kappa shape index (κ3) is 4.38.